The second-order valence-corrected chi connectivity index (χ2v) is 5.51. The van der Waals surface area contributed by atoms with Crippen LogP contribution >= 0.6 is 11.8 Å². The zero-order chi connectivity index (χ0) is 15.6. The highest BCUT2D eigenvalue weighted by Gasteiger charge is 2.17. The quantitative estimate of drug-likeness (QED) is 0.714. The Hall–Kier alpha value is -2.42. The predicted octanol–water partition coefficient (Wildman–Crippen LogP) is 1.40. The first kappa shape index (κ1) is 15.0. The summed E-state index contributed by atoms with van der Waals surface area (Å²) in [5, 5.41) is 9.51. The normalized spacial score (nSPS) is 10.8. The van der Waals surface area contributed by atoms with Crippen LogP contribution < -0.4 is 11.5 Å². The SMILES string of the molecule is CC(C)c1ncc(Sc2nc(N)cc(N)n2)c(C(=O)O)n1. The van der Waals surface area contributed by atoms with Crippen LogP contribution in [0.25, 0.3) is 0 Å². The molecule has 0 spiro atoms. The molecule has 0 bridgehead atoms. The summed E-state index contributed by atoms with van der Waals surface area (Å²) in [5.41, 5.74) is 11.1. The smallest absolute Gasteiger partial charge is 0.355 e. The van der Waals surface area contributed by atoms with E-state index in [-0.39, 0.29) is 28.4 Å². The molecule has 0 unspecified atom stereocenters. The average Bonchev–Trinajstić information content (AvgIpc) is 2.37. The molecule has 2 aromatic heterocycles. The zero-order valence-electron chi connectivity index (χ0n) is 11.4. The first-order valence-corrected chi connectivity index (χ1v) is 6.86. The lowest BCUT2D eigenvalue weighted by atomic mass is 10.2. The molecular weight excluding hydrogens is 292 g/mol. The number of carboxylic acid groups (broad SMARTS) is 1. The summed E-state index contributed by atoms with van der Waals surface area (Å²) < 4.78 is 0. The topological polar surface area (TPSA) is 141 Å². The number of aromatic carboxylic acids is 1. The second-order valence-electron chi connectivity index (χ2n) is 4.50. The molecule has 2 heterocycles. The van der Waals surface area contributed by atoms with Gasteiger partial charge in [-0.3, -0.25) is 0 Å². The van der Waals surface area contributed by atoms with Gasteiger partial charge in [-0.25, -0.2) is 24.7 Å². The third-order valence-electron chi connectivity index (χ3n) is 2.44. The Bertz CT molecular complexity index is 671. The summed E-state index contributed by atoms with van der Waals surface area (Å²) in [7, 11) is 0. The molecule has 8 nitrogen and oxygen atoms in total. The highest BCUT2D eigenvalue weighted by atomic mass is 32.2. The van der Waals surface area contributed by atoms with Gasteiger partial charge in [-0.15, -0.1) is 0 Å². The average molecular weight is 306 g/mol. The van der Waals surface area contributed by atoms with Crippen LogP contribution in [-0.4, -0.2) is 31.0 Å². The Morgan fingerprint density at radius 2 is 1.86 bits per heavy atom. The largest absolute Gasteiger partial charge is 0.476 e. The highest BCUT2D eigenvalue weighted by molar-refractivity contribution is 7.99. The molecule has 110 valence electrons. The van der Waals surface area contributed by atoms with Gasteiger partial charge in [0.1, 0.15) is 17.5 Å². The lowest BCUT2D eigenvalue weighted by molar-refractivity contribution is 0.0685. The molecule has 0 radical (unpaired) electrons. The van der Waals surface area contributed by atoms with Gasteiger partial charge in [-0.05, 0) is 11.8 Å². The molecule has 0 aliphatic heterocycles. The molecule has 0 saturated heterocycles. The third-order valence-corrected chi connectivity index (χ3v) is 3.32. The van der Waals surface area contributed by atoms with Gasteiger partial charge in [0.05, 0.1) is 4.90 Å². The summed E-state index contributed by atoms with van der Waals surface area (Å²) in [4.78, 5) is 27.8. The van der Waals surface area contributed by atoms with Crippen LogP contribution in [-0.2, 0) is 0 Å². The molecule has 2 rings (SSSR count). The van der Waals surface area contributed by atoms with Gasteiger partial charge in [0, 0.05) is 18.2 Å². The van der Waals surface area contributed by atoms with Crippen LogP contribution in [0.4, 0.5) is 11.6 Å². The van der Waals surface area contributed by atoms with Crippen LogP contribution in [0.15, 0.2) is 22.3 Å². The van der Waals surface area contributed by atoms with Gasteiger partial charge in [0.25, 0.3) is 0 Å². The minimum Gasteiger partial charge on any atom is -0.476 e. The summed E-state index contributed by atoms with van der Waals surface area (Å²) in [6.45, 7) is 3.77. The number of nitrogens with zero attached hydrogens (tertiary/aromatic N) is 4. The Balaban J connectivity index is 2.41. The van der Waals surface area contributed by atoms with E-state index >= 15 is 0 Å². The molecule has 0 amide bonds. The van der Waals surface area contributed by atoms with Crippen LogP contribution in [0.3, 0.4) is 0 Å². The Labute approximate surface area is 125 Å². The summed E-state index contributed by atoms with van der Waals surface area (Å²) in [6, 6.07) is 1.42. The van der Waals surface area contributed by atoms with E-state index in [9.17, 15) is 9.90 Å². The van der Waals surface area contributed by atoms with Crippen molar-refractivity contribution in [2.75, 3.05) is 11.5 Å². The maximum Gasteiger partial charge on any atom is 0.355 e. The van der Waals surface area contributed by atoms with Crippen LogP contribution in [0.2, 0.25) is 0 Å². The fourth-order valence-electron chi connectivity index (χ4n) is 1.50. The second kappa shape index (κ2) is 5.92. The van der Waals surface area contributed by atoms with Crippen molar-refractivity contribution >= 4 is 29.4 Å². The minimum atomic E-state index is -1.14. The van der Waals surface area contributed by atoms with Crippen molar-refractivity contribution in [3.05, 3.63) is 23.8 Å². The molecule has 2 aromatic rings. The maximum absolute atomic E-state index is 11.3. The summed E-state index contributed by atoms with van der Waals surface area (Å²) in [6.07, 6.45) is 1.44. The standard InChI is InChI=1S/C12H14N6O2S/c1-5(2)10-15-4-6(9(18-10)11(19)20)21-12-16-7(13)3-8(14)17-12/h3-5H,1-2H3,(H,19,20)(H4,13,14,16,17). The predicted molar refractivity (Wildman–Crippen MR) is 78.1 cm³/mol. The van der Waals surface area contributed by atoms with Crippen LogP contribution in [0.1, 0.15) is 36.1 Å². The number of carbonyl (C=O) groups is 1. The molecule has 9 heteroatoms. The number of nitrogens with two attached hydrogens (primary N) is 2. The Morgan fingerprint density at radius 3 is 2.38 bits per heavy atom. The Kier molecular flexibility index (Phi) is 4.22. The van der Waals surface area contributed by atoms with Crippen molar-refractivity contribution < 1.29 is 9.90 Å². The molecule has 0 saturated carbocycles. The third kappa shape index (κ3) is 3.57. The van der Waals surface area contributed by atoms with E-state index < -0.39 is 5.97 Å². The molecule has 0 aliphatic rings. The number of anilines is 2. The number of hydrogen-bond acceptors (Lipinski definition) is 8. The highest BCUT2D eigenvalue weighted by Crippen LogP contribution is 2.28. The molecule has 21 heavy (non-hydrogen) atoms. The molecule has 0 aromatic carbocycles. The van der Waals surface area contributed by atoms with Crippen LogP contribution in [0, 0.1) is 0 Å². The van der Waals surface area contributed by atoms with Crippen molar-refractivity contribution in [3.63, 3.8) is 0 Å². The van der Waals surface area contributed by atoms with Gasteiger partial charge in [0.2, 0.25) is 0 Å². The molecular formula is C12H14N6O2S. The lowest BCUT2D eigenvalue weighted by Crippen LogP contribution is -2.08. The molecule has 0 atom stereocenters. The molecule has 0 aliphatic carbocycles. The van der Waals surface area contributed by atoms with E-state index in [0.717, 1.165) is 11.8 Å². The number of hydrogen-bond donors (Lipinski definition) is 3. The maximum atomic E-state index is 11.3. The van der Waals surface area contributed by atoms with Crippen molar-refractivity contribution in [3.8, 4) is 0 Å². The van der Waals surface area contributed by atoms with E-state index in [1.54, 1.807) is 0 Å². The van der Waals surface area contributed by atoms with Gasteiger partial charge in [0.15, 0.2) is 10.9 Å². The van der Waals surface area contributed by atoms with Gasteiger partial charge in [-0.2, -0.15) is 0 Å². The van der Waals surface area contributed by atoms with Crippen molar-refractivity contribution in [2.45, 2.75) is 29.8 Å². The van der Waals surface area contributed by atoms with E-state index in [0.29, 0.717) is 10.7 Å². The van der Waals surface area contributed by atoms with Gasteiger partial charge in [-0.1, -0.05) is 13.8 Å². The summed E-state index contributed by atoms with van der Waals surface area (Å²) in [5.74, 6) is -0.229. The monoisotopic (exact) mass is 306 g/mol. The van der Waals surface area contributed by atoms with E-state index in [1.807, 2.05) is 13.8 Å². The fraction of sp³-hybridized carbons (Fsp3) is 0.250. The number of aromatic nitrogens is 4. The fourth-order valence-corrected chi connectivity index (χ4v) is 2.33. The van der Waals surface area contributed by atoms with Gasteiger partial charge < -0.3 is 16.6 Å². The number of carboxylic acids is 1. The zero-order valence-corrected chi connectivity index (χ0v) is 12.3. The minimum absolute atomic E-state index is 0.0291. The lowest BCUT2D eigenvalue weighted by Gasteiger charge is -2.08. The first-order valence-electron chi connectivity index (χ1n) is 6.05. The van der Waals surface area contributed by atoms with Crippen molar-refractivity contribution in [1.82, 2.24) is 19.9 Å². The molecule has 5 N–H and O–H groups in total. The van der Waals surface area contributed by atoms with Crippen molar-refractivity contribution in [1.29, 1.82) is 0 Å². The molecule has 0 fully saturated rings. The number of nitrogen functional groups attached to an aromatic ring is 2. The van der Waals surface area contributed by atoms with E-state index in [4.69, 9.17) is 11.5 Å². The van der Waals surface area contributed by atoms with E-state index in [1.165, 1.54) is 12.3 Å². The first-order chi connectivity index (χ1) is 9.86. The van der Waals surface area contributed by atoms with E-state index in [2.05, 4.69) is 19.9 Å². The number of rotatable bonds is 4. The Morgan fingerprint density at radius 1 is 1.24 bits per heavy atom. The summed E-state index contributed by atoms with van der Waals surface area (Å²) >= 11 is 1.00. The van der Waals surface area contributed by atoms with Crippen molar-refractivity contribution in [2.24, 2.45) is 0 Å². The van der Waals surface area contributed by atoms with Gasteiger partial charge >= 0.3 is 5.97 Å². The van der Waals surface area contributed by atoms with Crippen LogP contribution in [0.5, 0.6) is 0 Å².